The first-order chi connectivity index (χ1) is 12.8. The molecule has 1 amide bonds. The van der Waals surface area contributed by atoms with Gasteiger partial charge < -0.3 is 10.2 Å². The highest BCUT2D eigenvalue weighted by Gasteiger charge is 2.26. The van der Waals surface area contributed by atoms with E-state index in [0.29, 0.717) is 0 Å². The van der Waals surface area contributed by atoms with Crippen molar-refractivity contribution in [3.8, 4) is 0 Å². The smallest absolute Gasteiger partial charge is 0.254 e. The van der Waals surface area contributed by atoms with E-state index in [1.54, 1.807) is 0 Å². The number of carbonyl (C=O) groups excluding carboxylic acids is 1. The monoisotopic (exact) mass is 366 g/mol. The first-order valence-corrected chi connectivity index (χ1v) is 9.91. The zero-order chi connectivity index (χ0) is 20.1. The zero-order valence-corrected chi connectivity index (χ0v) is 17.8. The summed E-state index contributed by atoms with van der Waals surface area (Å²) < 4.78 is 0. The number of likely N-dealkylation sites (N-methyl/N-ethyl adjacent to an activating group) is 1. The van der Waals surface area contributed by atoms with Crippen LogP contribution in [0.2, 0.25) is 0 Å². The molecule has 0 aliphatic heterocycles. The summed E-state index contributed by atoms with van der Waals surface area (Å²) in [5.41, 5.74) is 5.47. The molecule has 2 rings (SSSR count). The summed E-state index contributed by atoms with van der Waals surface area (Å²) in [6, 6.07) is 15.2. The molecule has 3 heteroatoms. The van der Waals surface area contributed by atoms with Gasteiger partial charge in [0, 0.05) is 23.7 Å². The van der Waals surface area contributed by atoms with Crippen LogP contribution in [0.15, 0.2) is 42.5 Å². The molecule has 1 atom stereocenters. The van der Waals surface area contributed by atoms with Crippen LogP contribution in [0.4, 0.5) is 0 Å². The molecule has 146 valence electrons. The predicted octanol–water partition coefficient (Wildman–Crippen LogP) is 5.07. The highest BCUT2D eigenvalue weighted by molar-refractivity contribution is 5.97. The second-order valence-corrected chi connectivity index (χ2v) is 7.97. The van der Waals surface area contributed by atoms with Crippen LogP contribution < -0.4 is 5.32 Å². The minimum absolute atomic E-state index is 0.135. The number of rotatable bonds is 7. The van der Waals surface area contributed by atoms with E-state index in [2.05, 4.69) is 83.3 Å². The maximum Gasteiger partial charge on any atom is 0.254 e. The highest BCUT2D eigenvalue weighted by Crippen LogP contribution is 2.26. The summed E-state index contributed by atoms with van der Waals surface area (Å²) >= 11 is 0. The molecule has 0 saturated carbocycles. The number of carbonyl (C=O) groups is 1. The normalized spacial score (nSPS) is 12.5. The predicted molar refractivity (Wildman–Crippen MR) is 114 cm³/mol. The van der Waals surface area contributed by atoms with Gasteiger partial charge in [0.15, 0.2) is 0 Å². The van der Waals surface area contributed by atoms with Crippen molar-refractivity contribution in [1.82, 2.24) is 10.2 Å². The van der Waals surface area contributed by atoms with E-state index < -0.39 is 0 Å². The van der Waals surface area contributed by atoms with Crippen molar-refractivity contribution in [1.29, 1.82) is 0 Å². The molecular weight excluding hydrogens is 332 g/mol. The van der Waals surface area contributed by atoms with Crippen LogP contribution >= 0.6 is 0 Å². The van der Waals surface area contributed by atoms with Crippen molar-refractivity contribution in [2.75, 3.05) is 7.05 Å². The average Bonchev–Trinajstić information content (AvgIpc) is 2.59. The van der Waals surface area contributed by atoms with Crippen molar-refractivity contribution >= 4 is 5.91 Å². The lowest BCUT2D eigenvalue weighted by Crippen LogP contribution is -2.42. The molecule has 0 spiro atoms. The van der Waals surface area contributed by atoms with Gasteiger partial charge in [-0.05, 0) is 71.7 Å². The largest absolute Gasteiger partial charge is 0.334 e. The van der Waals surface area contributed by atoms with Gasteiger partial charge in [-0.2, -0.15) is 0 Å². The lowest BCUT2D eigenvalue weighted by Gasteiger charge is -2.32. The van der Waals surface area contributed by atoms with E-state index in [1.165, 1.54) is 11.1 Å². The van der Waals surface area contributed by atoms with Crippen LogP contribution in [0.3, 0.4) is 0 Å². The van der Waals surface area contributed by atoms with Gasteiger partial charge >= 0.3 is 0 Å². The number of nitrogens with one attached hydrogen (secondary N) is 1. The van der Waals surface area contributed by atoms with E-state index >= 15 is 0 Å². The van der Waals surface area contributed by atoms with Gasteiger partial charge in [-0.3, -0.25) is 4.79 Å². The Balaban J connectivity index is 2.49. The minimum Gasteiger partial charge on any atom is -0.334 e. The molecule has 0 fully saturated rings. The Kier molecular flexibility index (Phi) is 7.20. The SMILES string of the molecule is CN[C@@H](Cc1cc(C)cc(C)c1C(=O)N(C(C)C)C(C)C)c1ccccc1. The number of hydrogen-bond donors (Lipinski definition) is 1. The quantitative estimate of drug-likeness (QED) is 0.742. The maximum absolute atomic E-state index is 13.5. The second-order valence-electron chi connectivity index (χ2n) is 7.97. The van der Waals surface area contributed by atoms with E-state index in [0.717, 1.165) is 23.1 Å². The van der Waals surface area contributed by atoms with E-state index in [9.17, 15) is 4.79 Å². The third-order valence-electron chi connectivity index (χ3n) is 5.10. The molecule has 0 aliphatic carbocycles. The second kappa shape index (κ2) is 9.18. The van der Waals surface area contributed by atoms with Crippen LogP contribution in [0.25, 0.3) is 0 Å². The molecule has 0 unspecified atom stereocenters. The van der Waals surface area contributed by atoms with Gasteiger partial charge in [-0.15, -0.1) is 0 Å². The third kappa shape index (κ3) is 4.98. The van der Waals surface area contributed by atoms with E-state index in [-0.39, 0.29) is 24.0 Å². The number of hydrogen-bond acceptors (Lipinski definition) is 2. The van der Waals surface area contributed by atoms with Gasteiger partial charge in [0.2, 0.25) is 0 Å². The maximum atomic E-state index is 13.5. The fraction of sp³-hybridized carbons (Fsp3) is 0.458. The fourth-order valence-electron chi connectivity index (χ4n) is 4.01. The molecule has 1 N–H and O–H groups in total. The lowest BCUT2D eigenvalue weighted by atomic mass is 9.90. The first-order valence-electron chi connectivity index (χ1n) is 9.91. The first kappa shape index (κ1) is 21.2. The zero-order valence-electron chi connectivity index (χ0n) is 17.8. The summed E-state index contributed by atoms with van der Waals surface area (Å²) in [7, 11) is 1.98. The molecule has 2 aromatic rings. The Morgan fingerprint density at radius 2 is 1.59 bits per heavy atom. The third-order valence-corrected chi connectivity index (χ3v) is 5.10. The van der Waals surface area contributed by atoms with Crippen molar-refractivity contribution in [3.05, 3.63) is 70.3 Å². The Hall–Kier alpha value is -2.13. The molecule has 0 aliphatic rings. The van der Waals surface area contributed by atoms with Crippen LogP contribution in [0.5, 0.6) is 0 Å². The summed E-state index contributed by atoms with van der Waals surface area (Å²) in [5, 5.41) is 3.42. The van der Waals surface area contributed by atoms with Crippen LogP contribution in [0, 0.1) is 13.8 Å². The topological polar surface area (TPSA) is 32.3 Å². The van der Waals surface area contributed by atoms with Crippen molar-refractivity contribution in [2.24, 2.45) is 0 Å². The molecular formula is C24H34N2O. The molecule has 0 bridgehead atoms. The Morgan fingerprint density at radius 3 is 2.11 bits per heavy atom. The average molecular weight is 367 g/mol. The van der Waals surface area contributed by atoms with E-state index in [4.69, 9.17) is 0 Å². The minimum atomic E-state index is 0.135. The van der Waals surface area contributed by atoms with E-state index in [1.807, 2.05) is 18.0 Å². The molecule has 0 radical (unpaired) electrons. The Labute approximate surface area is 164 Å². The molecule has 27 heavy (non-hydrogen) atoms. The number of aryl methyl sites for hydroxylation is 2. The molecule has 0 saturated heterocycles. The van der Waals surface area contributed by atoms with Crippen LogP contribution in [-0.4, -0.2) is 29.9 Å². The van der Waals surface area contributed by atoms with Gasteiger partial charge in [0.25, 0.3) is 5.91 Å². The van der Waals surface area contributed by atoms with Crippen molar-refractivity contribution in [2.45, 2.75) is 66.1 Å². The van der Waals surface area contributed by atoms with Gasteiger partial charge in [0.1, 0.15) is 0 Å². The van der Waals surface area contributed by atoms with Crippen molar-refractivity contribution < 1.29 is 4.79 Å². The lowest BCUT2D eigenvalue weighted by molar-refractivity contribution is 0.0641. The Bertz CT molecular complexity index is 757. The molecule has 0 heterocycles. The van der Waals surface area contributed by atoms with Gasteiger partial charge in [0.05, 0.1) is 0 Å². The van der Waals surface area contributed by atoms with Gasteiger partial charge in [-0.25, -0.2) is 0 Å². The highest BCUT2D eigenvalue weighted by atomic mass is 16.2. The fourth-order valence-corrected chi connectivity index (χ4v) is 4.01. The Morgan fingerprint density at radius 1 is 1.00 bits per heavy atom. The van der Waals surface area contributed by atoms with Crippen LogP contribution in [0.1, 0.15) is 66.3 Å². The van der Waals surface area contributed by atoms with Crippen molar-refractivity contribution in [3.63, 3.8) is 0 Å². The molecule has 2 aromatic carbocycles. The summed E-state index contributed by atoms with van der Waals surface area (Å²) in [6.07, 6.45) is 0.786. The molecule has 0 aromatic heterocycles. The number of benzene rings is 2. The van der Waals surface area contributed by atoms with Crippen LogP contribution in [-0.2, 0) is 6.42 Å². The summed E-state index contributed by atoms with van der Waals surface area (Å²) in [5.74, 6) is 0.135. The summed E-state index contributed by atoms with van der Waals surface area (Å²) in [6.45, 7) is 12.5. The standard InChI is InChI=1S/C24H34N2O/c1-16(2)26(17(3)4)24(27)23-19(6)13-18(5)14-21(23)15-22(25-7)20-11-9-8-10-12-20/h8-14,16-17,22,25H,15H2,1-7H3/t22-/m0/s1. The molecule has 3 nitrogen and oxygen atoms in total. The van der Waals surface area contributed by atoms with Gasteiger partial charge in [-0.1, -0.05) is 48.0 Å². The summed E-state index contributed by atoms with van der Waals surface area (Å²) in [4.78, 5) is 15.5. The number of amides is 1. The number of nitrogens with zero attached hydrogens (tertiary/aromatic N) is 1.